The van der Waals surface area contributed by atoms with Crippen LogP contribution in [0.15, 0.2) is 0 Å². The zero-order chi connectivity index (χ0) is 8.93. The standard InChI is InChI=1S/C10H18O3/c1(3-9-4-2-6-12-9)5-11-7-10-8-13-10/h9-10H,1-8H2. The van der Waals surface area contributed by atoms with E-state index in [2.05, 4.69) is 0 Å². The van der Waals surface area contributed by atoms with Gasteiger partial charge in [-0.05, 0) is 25.7 Å². The Balaban J connectivity index is 1.39. The van der Waals surface area contributed by atoms with Gasteiger partial charge in [0.05, 0.1) is 19.3 Å². The second-order valence-corrected chi connectivity index (χ2v) is 3.81. The van der Waals surface area contributed by atoms with Gasteiger partial charge in [-0.3, -0.25) is 0 Å². The third kappa shape index (κ3) is 3.63. The van der Waals surface area contributed by atoms with Crippen LogP contribution in [0.25, 0.3) is 0 Å². The fraction of sp³-hybridized carbons (Fsp3) is 1.00. The molecule has 13 heavy (non-hydrogen) atoms. The van der Waals surface area contributed by atoms with E-state index in [1.165, 1.54) is 12.8 Å². The van der Waals surface area contributed by atoms with Crippen molar-refractivity contribution in [2.24, 2.45) is 0 Å². The summed E-state index contributed by atoms with van der Waals surface area (Å²) >= 11 is 0. The van der Waals surface area contributed by atoms with Gasteiger partial charge >= 0.3 is 0 Å². The normalized spacial score (nSPS) is 32.3. The van der Waals surface area contributed by atoms with Crippen LogP contribution in [-0.4, -0.2) is 38.6 Å². The summed E-state index contributed by atoms with van der Waals surface area (Å²) in [5.41, 5.74) is 0. The molecule has 2 rings (SSSR count). The first-order chi connectivity index (χ1) is 6.45. The van der Waals surface area contributed by atoms with Crippen LogP contribution in [0.1, 0.15) is 25.7 Å². The Labute approximate surface area is 79.4 Å². The summed E-state index contributed by atoms with van der Waals surface area (Å²) in [5, 5.41) is 0. The molecule has 2 saturated heterocycles. The first-order valence-electron chi connectivity index (χ1n) is 5.26. The minimum absolute atomic E-state index is 0.405. The van der Waals surface area contributed by atoms with Crippen molar-refractivity contribution >= 4 is 0 Å². The quantitative estimate of drug-likeness (QED) is 0.463. The molecule has 2 aliphatic heterocycles. The predicted molar refractivity (Wildman–Crippen MR) is 48.8 cm³/mol. The molecule has 2 fully saturated rings. The summed E-state index contributed by atoms with van der Waals surface area (Å²) < 4.78 is 16.0. The smallest absolute Gasteiger partial charge is 0.104 e. The highest BCUT2D eigenvalue weighted by atomic mass is 16.6. The van der Waals surface area contributed by atoms with E-state index in [9.17, 15) is 0 Å². The van der Waals surface area contributed by atoms with Crippen molar-refractivity contribution in [3.8, 4) is 0 Å². The van der Waals surface area contributed by atoms with E-state index in [0.29, 0.717) is 12.2 Å². The zero-order valence-corrected chi connectivity index (χ0v) is 8.04. The van der Waals surface area contributed by atoms with Crippen LogP contribution in [0.3, 0.4) is 0 Å². The van der Waals surface area contributed by atoms with Gasteiger partial charge in [-0.2, -0.15) is 0 Å². The highest BCUT2D eigenvalue weighted by Gasteiger charge is 2.22. The average Bonchev–Trinajstić information content (AvgIpc) is 2.81. The van der Waals surface area contributed by atoms with E-state index in [4.69, 9.17) is 14.2 Å². The molecule has 0 bridgehead atoms. The number of epoxide rings is 1. The lowest BCUT2D eigenvalue weighted by molar-refractivity contribution is 0.0772. The summed E-state index contributed by atoms with van der Waals surface area (Å²) in [5.74, 6) is 0. The second-order valence-electron chi connectivity index (χ2n) is 3.81. The third-order valence-electron chi connectivity index (χ3n) is 2.54. The maximum Gasteiger partial charge on any atom is 0.104 e. The molecule has 0 aliphatic carbocycles. The molecule has 2 atom stereocenters. The van der Waals surface area contributed by atoms with Crippen molar-refractivity contribution in [1.29, 1.82) is 0 Å². The summed E-state index contributed by atoms with van der Waals surface area (Å²) in [6.45, 7) is 3.50. The lowest BCUT2D eigenvalue weighted by Gasteiger charge is -2.08. The van der Waals surface area contributed by atoms with Gasteiger partial charge in [0.15, 0.2) is 0 Å². The largest absolute Gasteiger partial charge is 0.379 e. The van der Waals surface area contributed by atoms with Gasteiger partial charge in [0, 0.05) is 13.2 Å². The van der Waals surface area contributed by atoms with Crippen LogP contribution in [0.5, 0.6) is 0 Å². The van der Waals surface area contributed by atoms with E-state index in [1.807, 2.05) is 0 Å². The molecule has 0 N–H and O–H groups in total. The van der Waals surface area contributed by atoms with Crippen LogP contribution >= 0.6 is 0 Å². The van der Waals surface area contributed by atoms with Crippen molar-refractivity contribution in [2.75, 3.05) is 26.4 Å². The Morgan fingerprint density at radius 2 is 2.15 bits per heavy atom. The first kappa shape index (κ1) is 9.44. The lowest BCUT2D eigenvalue weighted by Crippen LogP contribution is -2.08. The number of ether oxygens (including phenoxy) is 3. The number of hydrogen-bond donors (Lipinski definition) is 0. The molecule has 0 saturated carbocycles. The summed E-state index contributed by atoms with van der Waals surface area (Å²) in [6, 6.07) is 0. The molecule has 0 radical (unpaired) electrons. The van der Waals surface area contributed by atoms with Gasteiger partial charge < -0.3 is 14.2 Å². The molecule has 2 unspecified atom stereocenters. The number of rotatable bonds is 6. The molecule has 0 aromatic carbocycles. The van der Waals surface area contributed by atoms with Gasteiger partial charge in [0.1, 0.15) is 6.10 Å². The average molecular weight is 186 g/mol. The van der Waals surface area contributed by atoms with Crippen LogP contribution in [0, 0.1) is 0 Å². The highest BCUT2D eigenvalue weighted by Crippen LogP contribution is 2.16. The third-order valence-corrected chi connectivity index (χ3v) is 2.54. The highest BCUT2D eigenvalue weighted by molar-refractivity contribution is 4.67. The predicted octanol–water partition coefficient (Wildman–Crippen LogP) is 1.36. The second kappa shape index (κ2) is 4.94. The lowest BCUT2D eigenvalue weighted by atomic mass is 10.1. The van der Waals surface area contributed by atoms with Gasteiger partial charge in [0.25, 0.3) is 0 Å². The topological polar surface area (TPSA) is 31.0 Å². The van der Waals surface area contributed by atoms with Gasteiger partial charge in [-0.25, -0.2) is 0 Å². The van der Waals surface area contributed by atoms with Gasteiger partial charge in [-0.1, -0.05) is 0 Å². The van der Waals surface area contributed by atoms with E-state index in [1.54, 1.807) is 0 Å². The molecule has 76 valence electrons. The van der Waals surface area contributed by atoms with E-state index in [0.717, 1.165) is 39.3 Å². The Hall–Kier alpha value is -0.120. The Morgan fingerprint density at radius 1 is 1.23 bits per heavy atom. The Kier molecular flexibility index (Phi) is 3.58. The molecule has 3 nitrogen and oxygen atoms in total. The molecule has 2 heterocycles. The van der Waals surface area contributed by atoms with Crippen molar-refractivity contribution in [2.45, 2.75) is 37.9 Å². The molecular weight excluding hydrogens is 168 g/mol. The van der Waals surface area contributed by atoms with Crippen LogP contribution in [-0.2, 0) is 14.2 Å². The van der Waals surface area contributed by atoms with E-state index in [-0.39, 0.29) is 0 Å². The molecule has 3 heteroatoms. The molecule has 0 amide bonds. The van der Waals surface area contributed by atoms with Crippen molar-refractivity contribution in [3.05, 3.63) is 0 Å². The maximum absolute atomic E-state index is 5.51. The first-order valence-corrected chi connectivity index (χ1v) is 5.26. The fourth-order valence-electron chi connectivity index (χ4n) is 1.66. The molecular formula is C10H18O3. The molecule has 2 aliphatic rings. The number of hydrogen-bond acceptors (Lipinski definition) is 3. The van der Waals surface area contributed by atoms with Crippen LogP contribution in [0.4, 0.5) is 0 Å². The van der Waals surface area contributed by atoms with E-state index >= 15 is 0 Å². The minimum atomic E-state index is 0.405. The molecule has 0 spiro atoms. The fourth-order valence-corrected chi connectivity index (χ4v) is 1.66. The maximum atomic E-state index is 5.51. The minimum Gasteiger partial charge on any atom is -0.379 e. The summed E-state index contributed by atoms with van der Waals surface area (Å²) in [4.78, 5) is 0. The van der Waals surface area contributed by atoms with Crippen molar-refractivity contribution in [1.82, 2.24) is 0 Å². The zero-order valence-electron chi connectivity index (χ0n) is 8.04. The Morgan fingerprint density at radius 3 is 2.85 bits per heavy atom. The van der Waals surface area contributed by atoms with Gasteiger partial charge in [-0.15, -0.1) is 0 Å². The summed E-state index contributed by atoms with van der Waals surface area (Å²) in [7, 11) is 0. The van der Waals surface area contributed by atoms with E-state index < -0.39 is 0 Å². The monoisotopic (exact) mass is 186 g/mol. The molecule has 0 aromatic heterocycles. The molecule has 0 aromatic rings. The SMILES string of the molecule is C(COCC1CO1)CC1CCCO1. The van der Waals surface area contributed by atoms with Crippen molar-refractivity contribution < 1.29 is 14.2 Å². The van der Waals surface area contributed by atoms with Gasteiger partial charge in [0.2, 0.25) is 0 Å². The van der Waals surface area contributed by atoms with Crippen LogP contribution in [0.2, 0.25) is 0 Å². The van der Waals surface area contributed by atoms with Crippen LogP contribution < -0.4 is 0 Å². The van der Waals surface area contributed by atoms with Crippen molar-refractivity contribution in [3.63, 3.8) is 0 Å². The Bertz CT molecular complexity index is 139. The summed E-state index contributed by atoms with van der Waals surface area (Å²) in [6.07, 6.45) is 5.68.